The van der Waals surface area contributed by atoms with Crippen LogP contribution in [-0.4, -0.2) is 35.1 Å². The molecule has 156 valence electrons. The zero-order valence-electron chi connectivity index (χ0n) is 16.9. The Kier molecular flexibility index (Phi) is 5.78. The number of carbonyl (C=O) groups excluding carboxylic acids is 1. The largest absolute Gasteiger partial charge is 0.376 e. The third kappa shape index (κ3) is 3.93. The monoisotopic (exact) mass is 425 g/mol. The van der Waals surface area contributed by atoms with Crippen molar-refractivity contribution in [1.82, 2.24) is 4.98 Å². The predicted octanol–water partition coefficient (Wildman–Crippen LogP) is 5.15. The van der Waals surface area contributed by atoms with E-state index in [0.29, 0.717) is 24.2 Å². The average molecular weight is 426 g/mol. The Morgan fingerprint density at radius 3 is 2.80 bits per heavy atom. The second kappa shape index (κ2) is 8.49. The molecular formula is C22H23N3O4S. The molecule has 30 heavy (non-hydrogen) atoms. The van der Waals surface area contributed by atoms with E-state index in [0.717, 1.165) is 28.6 Å². The molecule has 0 bridgehead atoms. The van der Waals surface area contributed by atoms with Crippen molar-refractivity contribution in [2.24, 2.45) is 0 Å². The number of aromatic nitrogens is 1. The van der Waals surface area contributed by atoms with Crippen LogP contribution in [0.2, 0.25) is 0 Å². The first kappa shape index (κ1) is 20.4. The number of nitro groups is 1. The Hall–Kier alpha value is -2.84. The lowest BCUT2D eigenvalue weighted by molar-refractivity contribution is -0.385. The van der Waals surface area contributed by atoms with Crippen molar-refractivity contribution in [3.8, 4) is 0 Å². The summed E-state index contributed by atoms with van der Waals surface area (Å²) < 4.78 is 6.74. The molecule has 1 atom stereocenters. The van der Waals surface area contributed by atoms with Crippen molar-refractivity contribution in [1.29, 1.82) is 0 Å². The summed E-state index contributed by atoms with van der Waals surface area (Å²) in [4.78, 5) is 30.8. The fraction of sp³-hybridized carbons (Fsp3) is 0.364. The van der Waals surface area contributed by atoms with Gasteiger partial charge in [0.25, 0.3) is 11.6 Å². The standard InChI is InChI=1S/C22H23N3O4S/c1-14(2)16-9-5-11-19-20(16)23-22(30-19)24(13-15-7-6-12-29-15)21(26)17-8-3-4-10-18(17)25(27)28/h3-5,8-11,14-15H,6-7,12-13H2,1-2H3. The minimum Gasteiger partial charge on any atom is -0.376 e. The number of rotatable bonds is 6. The highest BCUT2D eigenvalue weighted by molar-refractivity contribution is 7.22. The van der Waals surface area contributed by atoms with E-state index in [4.69, 9.17) is 9.72 Å². The van der Waals surface area contributed by atoms with Gasteiger partial charge < -0.3 is 4.74 Å². The quantitative estimate of drug-likeness (QED) is 0.402. The third-order valence-electron chi connectivity index (χ3n) is 5.28. The highest BCUT2D eigenvalue weighted by atomic mass is 32.1. The second-order valence-corrected chi connectivity index (χ2v) is 8.68. The van der Waals surface area contributed by atoms with Gasteiger partial charge in [-0.15, -0.1) is 0 Å². The molecule has 0 aliphatic carbocycles. The first-order chi connectivity index (χ1) is 14.5. The topological polar surface area (TPSA) is 85.6 Å². The maximum atomic E-state index is 13.5. The molecule has 7 nitrogen and oxygen atoms in total. The number of amides is 1. The maximum Gasteiger partial charge on any atom is 0.282 e. The van der Waals surface area contributed by atoms with Crippen molar-refractivity contribution in [3.05, 3.63) is 63.7 Å². The molecule has 2 aromatic carbocycles. The number of fused-ring (bicyclic) bond motifs is 1. The van der Waals surface area contributed by atoms with Gasteiger partial charge in [-0.25, -0.2) is 4.98 Å². The van der Waals surface area contributed by atoms with Crippen LogP contribution in [0, 0.1) is 10.1 Å². The average Bonchev–Trinajstić information content (AvgIpc) is 3.40. The van der Waals surface area contributed by atoms with Crippen molar-refractivity contribution in [2.45, 2.75) is 38.7 Å². The van der Waals surface area contributed by atoms with Crippen LogP contribution in [0.5, 0.6) is 0 Å². The van der Waals surface area contributed by atoms with E-state index in [9.17, 15) is 14.9 Å². The normalized spacial score (nSPS) is 16.3. The van der Waals surface area contributed by atoms with E-state index < -0.39 is 10.8 Å². The zero-order chi connectivity index (χ0) is 21.3. The maximum absolute atomic E-state index is 13.5. The number of para-hydroxylation sites is 2. The van der Waals surface area contributed by atoms with Crippen LogP contribution in [0.25, 0.3) is 10.2 Å². The summed E-state index contributed by atoms with van der Waals surface area (Å²) in [5.74, 6) is -0.135. The van der Waals surface area contributed by atoms with Gasteiger partial charge in [-0.05, 0) is 36.5 Å². The lowest BCUT2D eigenvalue weighted by atomic mass is 10.0. The van der Waals surface area contributed by atoms with E-state index in [2.05, 4.69) is 13.8 Å². The van der Waals surface area contributed by atoms with Gasteiger partial charge >= 0.3 is 0 Å². The smallest absolute Gasteiger partial charge is 0.282 e. The van der Waals surface area contributed by atoms with Crippen molar-refractivity contribution < 1.29 is 14.5 Å². The zero-order valence-corrected chi connectivity index (χ0v) is 17.7. The molecule has 1 aliphatic rings. The van der Waals surface area contributed by atoms with Crippen LogP contribution < -0.4 is 4.90 Å². The van der Waals surface area contributed by atoms with Crippen LogP contribution in [0.4, 0.5) is 10.8 Å². The summed E-state index contributed by atoms with van der Waals surface area (Å²) >= 11 is 1.43. The van der Waals surface area contributed by atoms with Gasteiger partial charge in [-0.2, -0.15) is 0 Å². The van der Waals surface area contributed by atoms with Gasteiger partial charge in [-0.3, -0.25) is 19.8 Å². The number of benzene rings is 2. The first-order valence-corrected chi connectivity index (χ1v) is 10.8. The van der Waals surface area contributed by atoms with Gasteiger partial charge in [-0.1, -0.05) is 49.4 Å². The number of hydrogen-bond donors (Lipinski definition) is 0. The van der Waals surface area contributed by atoms with Crippen LogP contribution >= 0.6 is 11.3 Å². The van der Waals surface area contributed by atoms with Gasteiger partial charge in [0.1, 0.15) is 5.56 Å². The summed E-state index contributed by atoms with van der Waals surface area (Å²) in [6.07, 6.45) is 1.69. The van der Waals surface area contributed by atoms with Crippen molar-refractivity contribution >= 4 is 38.3 Å². The van der Waals surface area contributed by atoms with Crippen LogP contribution in [-0.2, 0) is 4.74 Å². The summed E-state index contributed by atoms with van der Waals surface area (Å²) in [5, 5.41) is 12.0. The molecule has 3 aromatic rings. The lowest BCUT2D eigenvalue weighted by Gasteiger charge is -2.23. The molecule has 0 saturated carbocycles. The molecule has 1 unspecified atom stereocenters. The molecule has 0 N–H and O–H groups in total. The molecule has 1 aliphatic heterocycles. The number of ether oxygens (including phenoxy) is 1. The molecule has 1 amide bonds. The summed E-state index contributed by atoms with van der Waals surface area (Å²) in [6.45, 7) is 5.20. The molecule has 1 fully saturated rings. The number of carbonyl (C=O) groups is 1. The Morgan fingerprint density at radius 2 is 2.10 bits per heavy atom. The third-order valence-corrected chi connectivity index (χ3v) is 6.32. The van der Waals surface area contributed by atoms with Gasteiger partial charge in [0.05, 0.1) is 27.8 Å². The number of hydrogen-bond acceptors (Lipinski definition) is 6. The number of nitrogens with zero attached hydrogens (tertiary/aromatic N) is 3. The minimum absolute atomic E-state index is 0.0591. The molecule has 0 radical (unpaired) electrons. The Labute approximate surface area is 178 Å². The van der Waals surface area contributed by atoms with E-state index >= 15 is 0 Å². The van der Waals surface area contributed by atoms with Crippen molar-refractivity contribution in [3.63, 3.8) is 0 Å². The van der Waals surface area contributed by atoms with Gasteiger partial charge in [0.15, 0.2) is 5.13 Å². The highest BCUT2D eigenvalue weighted by Crippen LogP contribution is 2.35. The van der Waals surface area contributed by atoms with E-state index in [1.165, 1.54) is 23.5 Å². The number of thiazole rings is 1. The number of nitro benzene ring substituents is 1. The lowest BCUT2D eigenvalue weighted by Crippen LogP contribution is -2.37. The minimum atomic E-state index is -0.521. The predicted molar refractivity (Wildman–Crippen MR) is 117 cm³/mol. The molecule has 0 spiro atoms. The van der Waals surface area contributed by atoms with Gasteiger partial charge in [0, 0.05) is 12.7 Å². The second-order valence-electron chi connectivity index (χ2n) is 7.67. The van der Waals surface area contributed by atoms with Crippen LogP contribution in [0.3, 0.4) is 0 Å². The fourth-order valence-electron chi connectivity index (χ4n) is 3.74. The molecule has 1 saturated heterocycles. The summed E-state index contributed by atoms with van der Waals surface area (Å²) in [5.41, 5.74) is 1.85. The Balaban J connectivity index is 1.79. The fourth-order valence-corrected chi connectivity index (χ4v) is 4.75. The molecule has 2 heterocycles. The van der Waals surface area contributed by atoms with Crippen LogP contribution in [0.15, 0.2) is 42.5 Å². The van der Waals surface area contributed by atoms with Gasteiger partial charge in [0.2, 0.25) is 0 Å². The Bertz CT molecular complexity index is 1090. The van der Waals surface area contributed by atoms with E-state index in [-0.39, 0.29) is 17.4 Å². The van der Waals surface area contributed by atoms with Crippen molar-refractivity contribution in [2.75, 3.05) is 18.1 Å². The molecular weight excluding hydrogens is 402 g/mol. The molecule has 8 heteroatoms. The van der Waals surface area contributed by atoms with Crippen LogP contribution in [0.1, 0.15) is 48.5 Å². The first-order valence-electron chi connectivity index (χ1n) is 10.0. The summed E-state index contributed by atoms with van der Waals surface area (Å²) in [7, 11) is 0. The van der Waals surface area contributed by atoms with E-state index in [1.807, 2.05) is 18.2 Å². The SMILES string of the molecule is CC(C)c1cccc2sc(N(CC3CCCO3)C(=O)c3ccccc3[N+](=O)[O-])nc12. The molecule has 4 rings (SSSR count). The van der Waals surface area contributed by atoms with E-state index in [1.54, 1.807) is 17.0 Å². The Morgan fingerprint density at radius 1 is 1.30 bits per heavy atom. The molecule has 1 aromatic heterocycles. The highest BCUT2D eigenvalue weighted by Gasteiger charge is 2.31. The summed E-state index contributed by atoms with van der Waals surface area (Å²) in [6, 6.07) is 12.1. The number of anilines is 1.